The zero-order chi connectivity index (χ0) is 26.0. The monoisotopic (exact) mass is 511 g/mol. The van der Waals surface area contributed by atoms with Crippen LogP contribution in [0.4, 0.5) is 0 Å². The summed E-state index contributed by atoms with van der Waals surface area (Å²) in [6, 6.07) is 20.7. The van der Waals surface area contributed by atoms with E-state index in [0.29, 0.717) is 13.0 Å². The number of hydrogen-bond donors (Lipinski definition) is 1. The summed E-state index contributed by atoms with van der Waals surface area (Å²) in [6.07, 6.45) is 9.43. The number of hydrogen-bond acceptors (Lipinski definition) is 4. The van der Waals surface area contributed by atoms with Crippen LogP contribution in [-0.4, -0.2) is 57.6 Å². The fraction of sp³-hybridized carbons (Fsp3) is 0.452. The third-order valence-electron chi connectivity index (χ3n) is 8.60. The smallest absolute Gasteiger partial charge is 0.223 e. The second-order valence-corrected chi connectivity index (χ2v) is 11.4. The fourth-order valence-corrected chi connectivity index (χ4v) is 6.06. The third-order valence-corrected chi connectivity index (χ3v) is 8.60. The van der Waals surface area contributed by atoms with Crippen LogP contribution >= 0.6 is 0 Å². The number of likely N-dealkylation sites (tertiary alicyclic amines) is 2. The van der Waals surface area contributed by atoms with Crippen LogP contribution < -0.4 is 5.32 Å². The van der Waals surface area contributed by atoms with Gasteiger partial charge in [-0.2, -0.15) is 5.10 Å². The van der Waals surface area contributed by atoms with Gasteiger partial charge in [0.05, 0.1) is 11.7 Å². The fourth-order valence-electron chi connectivity index (χ4n) is 6.06. The van der Waals surface area contributed by atoms with Crippen molar-refractivity contribution in [1.82, 2.24) is 24.9 Å². The van der Waals surface area contributed by atoms with Crippen molar-refractivity contribution in [3.63, 3.8) is 0 Å². The molecule has 1 atom stereocenters. The molecule has 1 aromatic heterocycles. The van der Waals surface area contributed by atoms with E-state index in [1.807, 2.05) is 35.1 Å². The van der Waals surface area contributed by atoms with Gasteiger partial charge in [0, 0.05) is 44.4 Å². The number of nitrogens with one attached hydrogen (secondary N) is 1. The van der Waals surface area contributed by atoms with Gasteiger partial charge < -0.3 is 15.1 Å². The minimum Gasteiger partial charge on any atom is -0.349 e. The minimum atomic E-state index is 0.0587. The number of carbonyl (C=O) groups excluding carboxylic acids is 2. The molecule has 7 nitrogen and oxygen atoms in total. The number of amides is 2. The van der Waals surface area contributed by atoms with E-state index < -0.39 is 0 Å². The standard InChI is InChI=1S/C31H37N5O2/c37-29-21-31(23-35(29)22-24-7-11-27(12-8-24)36-17-4-16-32-36)14-19-34(20-15-31)18-13-28(25-5-2-1-3-6-25)33-30(38)26-9-10-26/h1-8,11-12,16-17,26,28H,9-10,13-15,18-23H2,(H,33,38)/t28-/m0/s1. The predicted molar refractivity (Wildman–Crippen MR) is 146 cm³/mol. The minimum absolute atomic E-state index is 0.0587. The van der Waals surface area contributed by atoms with Crippen molar-refractivity contribution in [3.8, 4) is 5.69 Å². The maximum absolute atomic E-state index is 13.0. The van der Waals surface area contributed by atoms with Crippen molar-refractivity contribution < 1.29 is 9.59 Å². The average molecular weight is 512 g/mol. The van der Waals surface area contributed by atoms with E-state index in [1.54, 1.807) is 6.20 Å². The molecular formula is C31H37N5O2. The lowest BCUT2D eigenvalue weighted by molar-refractivity contribution is -0.128. The summed E-state index contributed by atoms with van der Waals surface area (Å²) < 4.78 is 1.84. The molecule has 6 rings (SSSR count). The molecule has 3 aromatic rings. The number of benzene rings is 2. The summed E-state index contributed by atoms with van der Waals surface area (Å²) in [5, 5.41) is 7.59. The summed E-state index contributed by atoms with van der Waals surface area (Å²) in [7, 11) is 0. The van der Waals surface area contributed by atoms with Crippen LogP contribution in [-0.2, 0) is 16.1 Å². The van der Waals surface area contributed by atoms with Crippen molar-refractivity contribution in [2.45, 2.75) is 51.1 Å². The van der Waals surface area contributed by atoms with Crippen LogP contribution in [0, 0.1) is 11.3 Å². The Morgan fingerprint density at radius 2 is 1.79 bits per heavy atom. The second kappa shape index (κ2) is 10.7. The molecule has 1 saturated carbocycles. The van der Waals surface area contributed by atoms with Crippen LogP contribution in [0.3, 0.4) is 0 Å². The van der Waals surface area contributed by atoms with E-state index in [-0.39, 0.29) is 29.2 Å². The van der Waals surface area contributed by atoms with Crippen molar-refractivity contribution in [2.75, 3.05) is 26.2 Å². The van der Waals surface area contributed by atoms with Crippen molar-refractivity contribution >= 4 is 11.8 Å². The Morgan fingerprint density at radius 1 is 1.03 bits per heavy atom. The van der Waals surface area contributed by atoms with E-state index in [2.05, 4.69) is 56.6 Å². The molecule has 2 aliphatic heterocycles. The lowest BCUT2D eigenvalue weighted by Crippen LogP contribution is -2.42. The Bertz CT molecular complexity index is 1230. The van der Waals surface area contributed by atoms with Gasteiger partial charge in [0.25, 0.3) is 0 Å². The first-order chi connectivity index (χ1) is 18.6. The Morgan fingerprint density at radius 3 is 2.47 bits per heavy atom. The van der Waals surface area contributed by atoms with Crippen molar-refractivity contribution in [2.24, 2.45) is 11.3 Å². The van der Waals surface area contributed by atoms with Gasteiger partial charge in [-0.15, -0.1) is 0 Å². The van der Waals surface area contributed by atoms with Gasteiger partial charge in [-0.3, -0.25) is 9.59 Å². The van der Waals surface area contributed by atoms with Crippen LogP contribution in [0.15, 0.2) is 73.1 Å². The van der Waals surface area contributed by atoms with Crippen molar-refractivity contribution in [3.05, 3.63) is 84.2 Å². The molecular weight excluding hydrogens is 474 g/mol. The molecule has 3 heterocycles. The summed E-state index contributed by atoms with van der Waals surface area (Å²) in [4.78, 5) is 30.1. The number of nitrogens with zero attached hydrogens (tertiary/aromatic N) is 4. The quantitative estimate of drug-likeness (QED) is 0.464. The average Bonchev–Trinajstić information content (AvgIpc) is 3.57. The van der Waals surface area contributed by atoms with E-state index in [1.165, 1.54) is 5.56 Å². The summed E-state index contributed by atoms with van der Waals surface area (Å²) in [5.74, 6) is 0.701. The second-order valence-electron chi connectivity index (χ2n) is 11.4. The molecule has 198 valence electrons. The van der Waals surface area contributed by atoms with E-state index in [9.17, 15) is 9.59 Å². The molecule has 7 heteroatoms. The highest BCUT2D eigenvalue weighted by molar-refractivity contribution is 5.81. The lowest BCUT2D eigenvalue weighted by atomic mass is 9.77. The molecule has 2 aromatic carbocycles. The Kier molecular flexibility index (Phi) is 7.02. The predicted octanol–water partition coefficient (Wildman–Crippen LogP) is 4.34. The van der Waals surface area contributed by atoms with E-state index in [4.69, 9.17) is 0 Å². The Hall–Kier alpha value is -3.45. The molecule has 0 radical (unpaired) electrons. The van der Waals surface area contributed by atoms with Gasteiger partial charge in [0.2, 0.25) is 11.8 Å². The van der Waals surface area contributed by atoms with Crippen LogP contribution in [0.25, 0.3) is 5.69 Å². The summed E-state index contributed by atoms with van der Waals surface area (Å²) in [5.41, 5.74) is 3.47. The maximum Gasteiger partial charge on any atom is 0.223 e. The highest BCUT2D eigenvalue weighted by Gasteiger charge is 2.44. The lowest BCUT2D eigenvalue weighted by Gasteiger charge is -2.39. The van der Waals surface area contributed by atoms with Gasteiger partial charge >= 0.3 is 0 Å². The van der Waals surface area contributed by atoms with Crippen molar-refractivity contribution in [1.29, 1.82) is 0 Å². The van der Waals surface area contributed by atoms with Gasteiger partial charge in [-0.05, 0) is 79.9 Å². The molecule has 0 unspecified atom stereocenters. The molecule has 1 N–H and O–H groups in total. The first-order valence-electron chi connectivity index (χ1n) is 14.0. The number of carbonyl (C=O) groups is 2. The molecule has 1 aliphatic carbocycles. The van der Waals surface area contributed by atoms with Gasteiger partial charge in [0.1, 0.15) is 0 Å². The highest BCUT2D eigenvalue weighted by Crippen LogP contribution is 2.41. The van der Waals surface area contributed by atoms with E-state index >= 15 is 0 Å². The molecule has 0 bridgehead atoms. The van der Waals surface area contributed by atoms with Gasteiger partial charge in [-0.25, -0.2) is 4.68 Å². The molecule has 1 spiro atoms. The molecule has 2 amide bonds. The summed E-state index contributed by atoms with van der Waals surface area (Å²) in [6.45, 7) is 4.50. The van der Waals surface area contributed by atoms with Gasteiger partial charge in [0.15, 0.2) is 0 Å². The Balaban J connectivity index is 1.01. The molecule has 3 fully saturated rings. The maximum atomic E-state index is 13.0. The zero-order valence-electron chi connectivity index (χ0n) is 22.0. The summed E-state index contributed by atoms with van der Waals surface area (Å²) >= 11 is 0. The zero-order valence-corrected chi connectivity index (χ0v) is 22.0. The third kappa shape index (κ3) is 5.68. The van der Waals surface area contributed by atoms with Gasteiger partial charge in [-0.1, -0.05) is 42.5 Å². The topological polar surface area (TPSA) is 70.5 Å². The van der Waals surface area contributed by atoms with Crippen LogP contribution in [0.5, 0.6) is 0 Å². The Labute approximate surface area is 224 Å². The highest BCUT2D eigenvalue weighted by atomic mass is 16.2. The normalized spacial score (nSPS) is 20.1. The van der Waals surface area contributed by atoms with Crippen LogP contribution in [0.1, 0.15) is 55.7 Å². The molecule has 3 aliphatic rings. The number of rotatable bonds is 9. The van der Waals surface area contributed by atoms with E-state index in [0.717, 1.165) is 69.5 Å². The first kappa shape index (κ1) is 24.9. The number of piperidine rings is 1. The SMILES string of the molecule is O=C(N[C@@H](CCN1CCC2(CC1)CC(=O)N(Cc1ccc(-n3cccn3)cc1)C2)c1ccccc1)C1CC1. The molecule has 38 heavy (non-hydrogen) atoms. The largest absolute Gasteiger partial charge is 0.349 e. The molecule has 2 saturated heterocycles. The van der Waals surface area contributed by atoms with Crippen LogP contribution in [0.2, 0.25) is 0 Å². The first-order valence-corrected chi connectivity index (χ1v) is 14.0. The number of aromatic nitrogens is 2.